The zero-order chi connectivity index (χ0) is 24.7. The summed E-state index contributed by atoms with van der Waals surface area (Å²) in [6.45, 7) is 0.530. The number of carbonyl (C=O) groups excluding carboxylic acids is 1. The highest BCUT2D eigenvalue weighted by Crippen LogP contribution is 2.54. The van der Waals surface area contributed by atoms with Gasteiger partial charge in [-0.25, -0.2) is 0 Å². The summed E-state index contributed by atoms with van der Waals surface area (Å²) in [5.41, 5.74) is -4.23. The van der Waals surface area contributed by atoms with Crippen molar-refractivity contribution in [1.29, 1.82) is 0 Å². The normalized spacial score (nSPS) is 19.4. The Morgan fingerprint density at radius 3 is 2.18 bits per heavy atom. The van der Waals surface area contributed by atoms with Crippen molar-refractivity contribution >= 4 is 11.6 Å². The van der Waals surface area contributed by atoms with Crippen molar-refractivity contribution in [2.75, 3.05) is 6.61 Å². The number of carbonyl (C=O) groups is 1. The molecule has 0 fully saturated rings. The number of benzene rings is 2. The first-order valence-corrected chi connectivity index (χ1v) is 9.41. The van der Waals surface area contributed by atoms with Crippen LogP contribution in [0.2, 0.25) is 0 Å². The molecule has 5 nitrogen and oxygen atoms in total. The highest BCUT2D eigenvalue weighted by Gasteiger charge is 2.82. The number of para-hydroxylation sites is 1. The molecule has 178 valence electrons. The molecule has 33 heavy (non-hydrogen) atoms. The zero-order valence-electron chi connectivity index (χ0n) is 16.9. The SMILES string of the molecule is Cc1ccccc1OCC(=O)N1N=C(c2ccccc2)C[C@@]1(O)C(F)(F)C(F)(F)C(F)(F)F. The van der Waals surface area contributed by atoms with Gasteiger partial charge in [0.15, 0.2) is 6.61 Å². The van der Waals surface area contributed by atoms with Crippen LogP contribution in [-0.2, 0) is 4.79 Å². The topological polar surface area (TPSA) is 62.1 Å². The van der Waals surface area contributed by atoms with Gasteiger partial charge in [-0.1, -0.05) is 48.5 Å². The van der Waals surface area contributed by atoms with Gasteiger partial charge >= 0.3 is 18.0 Å². The van der Waals surface area contributed by atoms with E-state index in [1.807, 2.05) is 0 Å². The van der Waals surface area contributed by atoms with E-state index in [4.69, 9.17) is 4.74 Å². The van der Waals surface area contributed by atoms with E-state index in [1.165, 1.54) is 42.5 Å². The van der Waals surface area contributed by atoms with E-state index >= 15 is 0 Å². The molecule has 0 bridgehead atoms. The van der Waals surface area contributed by atoms with E-state index in [2.05, 4.69) is 5.10 Å². The van der Waals surface area contributed by atoms with Crippen LogP contribution in [0.15, 0.2) is 59.7 Å². The number of nitrogens with zero attached hydrogens (tertiary/aromatic N) is 2. The Hall–Kier alpha value is -3.15. The summed E-state index contributed by atoms with van der Waals surface area (Å²) < 4.78 is 101. The molecule has 0 aliphatic carbocycles. The van der Waals surface area contributed by atoms with Gasteiger partial charge in [-0.2, -0.15) is 40.8 Å². The molecule has 1 atom stereocenters. The van der Waals surface area contributed by atoms with Crippen molar-refractivity contribution in [2.24, 2.45) is 5.10 Å². The van der Waals surface area contributed by atoms with Gasteiger partial charge in [0, 0.05) is 6.42 Å². The van der Waals surface area contributed by atoms with Gasteiger partial charge in [-0.05, 0) is 24.1 Å². The molecule has 1 amide bonds. The van der Waals surface area contributed by atoms with Gasteiger partial charge in [0.2, 0.25) is 5.72 Å². The molecule has 1 aliphatic rings. The van der Waals surface area contributed by atoms with Crippen molar-refractivity contribution < 1.29 is 45.4 Å². The molecule has 1 heterocycles. The van der Waals surface area contributed by atoms with Gasteiger partial charge in [0.1, 0.15) is 5.75 Å². The molecule has 0 radical (unpaired) electrons. The maximum Gasteiger partial charge on any atom is 0.460 e. The van der Waals surface area contributed by atoms with Crippen LogP contribution in [0.4, 0.5) is 30.7 Å². The standard InChI is InChI=1S/C21H17F7N2O3/c1-13-7-5-6-10-16(13)33-12-17(31)30-18(32,19(22,23)20(24,25)21(26,27)28)11-15(29-30)14-8-3-2-4-9-14/h2-10,32H,11-12H2,1H3/t18-/m1/s1. The Morgan fingerprint density at radius 1 is 1.03 bits per heavy atom. The summed E-state index contributed by atoms with van der Waals surface area (Å²) in [6, 6.07) is 13.2. The monoisotopic (exact) mass is 478 g/mol. The van der Waals surface area contributed by atoms with Gasteiger partial charge in [0.25, 0.3) is 5.91 Å². The summed E-state index contributed by atoms with van der Waals surface area (Å²) in [7, 11) is 0. The average molecular weight is 478 g/mol. The zero-order valence-corrected chi connectivity index (χ0v) is 16.9. The van der Waals surface area contributed by atoms with E-state index in [-0.39, 0.29) is 11.3 Å². The minimum Gasteiger partial charge on any atom is -0.483 e. The number of ether oxygens (including phenoxy) is 1. The van der Waals surface area contributed by atoms with Gasteiger partial charge in [-0.3, -0.25) is 4.79 Å². The summed E-state index contributed by atoms with van der Waals surface area (Å²) in [5.74, 6) is -14.2. The van der Waals surface area contributed by atoms with E-state index < -0.39 is 53.4 Å². The quantitative estimate of drug-likeness (QED) is 0.621. The maximum absolute atomic E-state index is 14.7. The molecule has 0 aromatic heterocycles. The minimum atomic E-state index is -6.71. The van der Waals surface area contributed by atoms with Gasteiger partial charge in [-0.15, -0.1) is 0 Å². The largest absolute Gasteiger partial charge is 0.483 e. The second-order valence-electron chi connectivity index (χ2n) is 7.31. The molecule has 1 N–H and O–H groups in total. The van der Waals surface area contributed by atoms with Crippen LogP contribution in [0.25, 0.3) is 0 Å². The van der Waals surface area contributed by atoms with Crippen LogP contribution < -0.4 is 4.74 Å². The van der Waals surface area contributed by atoms with E-state index in [1.54, 1.807) is 19.1 Å². The van der Waals surface area contributed by atoms with Gasteiger partial charge < -0.3 is 9.84 Å². The Morgan fingerprint density at radius 2 is 1.61 bits per heavy atom. The molecule has 1 aliphatic heterocycles. The Labute approximate surface area is 183 Å². The van der Waals surface area contributed by atoms with E-state index in [0.717, 1.165) is 0 Å². The van der Waals surface area contributed by atoms with Crippen LogP contribution >= 0.6 is 0 Å². The summed E-state index contributed by atoms with van der Waals surface area (Å²) >= 11 is 0. The second-order valence-corrected chi connectivity index (χ2v) is 7.31. The van der Waals surface area contributed by atoms with Crippen molar-refractivity contribution in [2.45, 2.75) is 37.1 Å². The molecule has 0 saturated carbocycles. The molecule has 0 unspecified atom stereocenters. The fourth-order valence-corrected chi connectivity index (χ4v) is 3.19. The third kappa shape index (κ3) is 4.14. The maximum atomic E-state index is 14.7. The molecule has 3 rings (SSSR count). The van der Waals surface area contributed by atoms with Crippen LogP contribution in [0.1, 0.15) is 17.5 Å². The number of hydrazone groups is 1. The number of amides is 1. The van der Waals surface area contributed by atoms with Crippen molar-refractivity contribution in [3.8, 4) is 5.75 Å². The van der Waals surface area contributed by atoms with E-state index in [9.17, 15) is 40.6 Å². The fourth-order valence-electron chi connectivity index (χ4n) is 3.19. The smallest absolute Gasteiger partial charge is 0.460 e. The number of alkyl halides is 7. The average Bonchev–Trinajstić information content (AvgIpc) is 3.12. The lowest BCUT2D eigenvalue weighted by Gasteiger charge is -2.41. The molecule has 12 heteroatoms. The minimum absolute atomic E-state index is 0.0390. The molecule has 0 spiro atoms. The summed E-state index contributed by atoms with van der Waals surface area (Å²) in [4.78, 5) is 12.6. The number of rotatable bonds is 6. The van der Waals surface area contributed by atoms with Gasteiger partial charge in [0.05, 0.1) is 5.71 Å². The third-order valence-corrected chi connectivity index (χ3v) is 5.03. The Kier molecular flexibility index (Phi) is 6.18. The highest BCUT2D eigenvalue weighted by atomic mass is 19.4. The number of aryl methyl sites for hydroxylation is 1. The second kappa shape index (κ2) is 8.32. The molecule has 2 aromatic rings. The summed E-state index contributed by atoms with van der Waals surface area (Å²) in [6.07, 6.45) is -8.19. The first-order valence-electron chi connectivity index (χ1n) is 9.41. The highest BCUT2D eigenvalue weighted by molar-refractivity contribution is 6.03. The predicted molar refractivity (Wildman–Crippen MR) is 102 cm³/mol. The van der Waals surface area contributed by atoms with Crippen LogP contribution in [-0.4, -0.2) is 52.1 Å². The molecule has 2 aromatic carbocycles. The first-order chi connectivity index (χ1) is 15.2. The van der Waals surface area contributed by atoms with Crippen LogP contribution in [0.5, 0.6) is 5.75 Å². The van der Waals surface area contributed by atoms with Crippen molar-refractivity contribution in [1.82, 2.24) is 5.01 Å². The lowest BCUT2D eigenvalue weighted by Crippen LogP contribution is -2.69. The number of aliphatic hydroxyl groups is 1. The lowest BCUT2D eigenvalue weighted by molar-refractivity contribution is -0.401. The van der Waals surface area contributed by atoms with Crippen molar-refractivity contribution in [3.05, 3.63) is 65.7 Å². The predicted octanol–water partition coefficient (Wildman–Crippen LogP) is 4.53. The number of halogens is 7. The summed E-state index contributed by atoms with van der Waals surface area (Å²) in [5, 5.41) is 13.6. The molecule has 0 saturated heterocycles. The number of hydrogen-bond donors (Lipinski definition) is 1. The first kappa shape index (κ1) is 24.5. The Bertz CT molecular complexity index is 1060. The number of hydrogen-bond acceptors (Lipinski definition) is 4. The molecular formula is C21H17F7N2O3. The molecular weight excluding hydrogens is 461 g/mol. The Balaban J connectivity index is 2.00. The van der Waals surface area contributed by atoms with Crippen molar-refractivity contribution in [3.63, 3.8) is 0 Å². The fraction of sp³-hybridized carbons (Fsp3) is 0.333. The van der Waals surface area contributed by atoms with Crippen LogP contribution in [0.3, 0.4) is 0 Å². The third-order valence-electron chi connectivity index (χ3n) is 5.03. The van der Waals surface area contributed by atoms with Crippen LogP contribution in [0, 0.1) is 6.92 Å². The van der Waals surface area contributed by atoms with E-state index in [0.29, 0.717) is 5.56 Å². The lowest BCUT2D eigenvalue weighted by atomic mass is 9.91.